The maximum atomic E-state index is 12.2. The number of benzene rings is 1. The molecule has 5 nitrogen and oxygen atoms in total. The second-order valence-corrected chi connectivity index (χ2v) is 5.64. The maximum Gasteiger partial charge on any atom is 0.434 e. The Morgan fingerprint density at radius 2 is 2.04 bits per heavy atom. The molecule has 23 heavy (non-hydrogen) atoms. The van der Waals surface area contributed by atoms with E-state index < -0.39 is 12.1 Å². The molecule has 0 aliphatic carbocycles. The number of rotatable bonds is 7. The monoisotopic (exact) mass is 319 g/mol. The number of hydrogen-bond acceptors (Lipinski definition) is 4. The third kappa shape index (κ3) is 5.37. The van der Waals surface area contributed by atoms with Gasteiger partial charge in [-0.05, 0) is 12.0 Å². The van der Waals surface area contributed by atoms with Gasteiger partial charge in [-0.15, -0.1) is 0 Å². The Morgan fingerprint density at radius 3 is 2.74 bits per heavy atom. The molecule has 126 valence electrons. The van der Waals surface area contributed by atoms with Gasteiger partial charge in [0.05, 0.1) is 6.61 Å². The van der Waals surface area contributed by atoms with E-state index in [0.29, 0.717) is 0 Å². The Balaban J connectivity index is 1.89. The van der Waals surface area contributed by atoms with Gasteiger partial charge < -0.3 is 9.84 Å². The number of nitrogens with zero attached hydrogens (tertiary/aromatic N) is 1. The summed E-state index contributed by atoms with van der Waals surface area (Å²) >= 11 is 0. The highest BCUT2D eigenvalue weighted by Crippen LogP contribution is 2.19. The van der Waals surface area contributed by atoms with Crippen LogP contribution in [-0.4, -0.2) is 35.0 Å². The van der Waals surface area contributed by atoms with Gasteiger partial charge in [-0.2, -0.15) is 5.06 Å². The van der Waals surface area contributed by atoms with Crippen molar-refractivity contribution in [2.24, 2.45) is 0 Å². The summed E-state index contributed by atoms with van der Waals surface area (Å²) in [5.41, 5.74) is 0.911. The second kappa shape index (κ2) is 9.33. The van der Waals surface area contributed by atoms with Crippen molar-refractivity contribution in [2.45, 2.75) is 51.4 Å². The molecule has 2 rings (SSSR count). The summed E-state index contributed by atoms with van der Waals surface area (Å²) in [6, 6.07) is 8.98. The van der Waals surface area contributed by atoms with Crippen molar-refractivity contribution in [3.63, 3.8) is 0 Å². The molecule has 1 heterocycles. The lowest BCUT2D eigenvalue weighted by Crippen LogP contribution is -2.46. The number of carbonyl (C=O) groups excluding carboxylic acids is 1. The van der Waals surface area contributed by atoms with E-state index in [2.05, 4.69) is 6.92 Å². The number of amides is 1. The van der Waals surface area contributed by atoms with Crippen molar-refractivity contribution in [3.8, 4) is 0 Å². The Bertz CT molecular complexity index is 503. The van der Waals surface area contributed by atoms with E-state index in [1.54, 1.807) is 0 Å². The van der Waals surface area contributed by atoms with Crippen LogP contribution in [0.5, 0.6) is 0 Å². The summed E-state index contributed by atoms with van der Waals surface area (Å²) < 4.78 is 5.29. The molecule has 0 aromatic heterocycles. The third-order valence-electron chi connectivity index (χ3n) is 3.76. The van der Waals surface area contributed by atoms with Crippen molar-refractivity contribution >= 4 is 6.09 Å². The summed E-state index contributed by atoms with van der Waals surface area (Å²) in [5, 5.41) is 10.6. The number of aliphatic hydroxyl groups is 1. The zero-order chi connectivity index (χ0) is 16.5. The zero-order valence-corrected chi connectivity index (χ0v) is 13.6. The minimum atomic E-state index is -0.572. The fourth-order valence-corrected chi connectivity index (χ4v) is 2.43. The smallest absolute Gasteiger partial charge is 0.434 e. The molecule has 1 amide bonds. The van der Waals surface area contributed by atoms with Gasteiger partial charge >= 0.3 is 6.09 Å². The number of unbranched alkanes of at least 4 members (excludes halogenated alkanes) is 2. The Hall–Kier alpha value is -1.85. The standard InChI is InChI=1S/C18H25NO4/c1-2-3-5-10-17-12-11-16(13-20)19(23-17)18(21)22-14-15-8-6-4-7-9-15/h4,6-9,11-12,16-17,20H,2-3,5,10,13-14H2,1H3/t16-,17-/m1/s1. The van der Waals surface area contributed by atoms with Crippen molar-refractivity contribution in [1.29, 1.82) is 0 Å². The zero-order valence-electron chi connectivity index (χ0n) is 13.6. The lowest BCUT2D eigenvalue weighted by atomic mass is 10.1. The number of aliphatic hydroxyl groups excluding tert-OH is 1. The van der Waals surface area contributed by atoms with Gasteiger partial charge in [-0.25, -0.2) is 4.79 Å². The van der Waals surface area contributed by atoms with Crippen LogP contribution in [0.1, 0.15) is 38.2 Å². The molecular weight excluding hydrogens is 294 g/mol. The molecule has 0 saturated carbocycles. The van der Waals surface area contributed by atoms with E-state index in [1.807, 2.05) is 42.5 Å². The SMILES string of the molecule is CCCCC[C@@H]1C=C[C@H](CO)N(C(=O)OCc2ccccc2)O1. The van der Waals surface area contributed by atoms with Crippen LogP contribution in [-0.2, 0) is 16.2 Å². The highest BCUT2D eigenvalue weighted by atomic mass is 16.7. The average Bonchev–Trinajstić information content (AvgIpc) is 2.60. The fraction of sp³-hybridized carbons (Fsp3) is 0.500. The Labute approximate surface area is 137 Å². The van der Waals surface area contributed by atoms with Gasteiger partial charge in [0.15, 0.2) is 0 Å². The van der Waals surface area contributed by atoms with Crippen molar-refractivity contribution in [3.05, 3.63) is 48.0 Å². The van der Waals surface area contributed by atoms with Gasteiger partial charge in [-0.1, -0.05) is 68.7 Å². The molecule has 0 spiro atoms. The summed E-state index contributed by atoms with van der Waals surface area (Å²) in [5.74, 6) is 0. The quantitative estimate of drug-likeness (QED) is 0.618. The van der Waals surface area contributed by atoms with Gasteiger partial charge in [0.1, 0.15) is 18.8 Å². The molecule has 0 radical (unpaired) electrons. The highest BCUT2D eigenvalue weighted by molar-refractivity contribution is 5.67. The van der Waals surface area contributed by atoms with Crippen LogP contribution in [0.4, 0.5) is 4.79 Å². The lowest BCUT2D eigenvalue weighted by molar-refractivity contribution is -0.191. The minimum Gasteiger partial charge on any atom is -0.443 e. The molecule has 1 aromatic carbocycles. The van der Waals surface area contributed by atoms with Gasteiger partial charge in [0.2, 0.25) is 0 Å². The van der Waals surface area contributed by atoms with E-state index in [9.17, 15) is 9.90 Å². The number of hydroxylamine groups is 2. The van der Waals surface area contributed by atoms with E-state index in [4.69, 9.17) is 9.57 Å². The van der Waals surface area contributed by atoms with Crippen molar-refractivity contribution < 1.29 is 19.5 Å². The van der Waals surface area contributed by atoms with Crippen LogP contribution in [0.15, 0.2) is 42.5 Å². The Morgan fingerprint density at radius 1 is 1.26 bits per heavy atom. The van der Waals surface area contributed by atoms with Crippen LogP contribution in [0.3, 0.4) is 0 Å². The number of hydrogen-bond donors (Lipinski definition) is 1. The third-order valence-corrected chi connectivity index (χ3v) is 3.76. The normalized spacial score (nSPS) is 20.5. The Kier molecular flexibility index (Phi) is 7.10. The molecule has 0 bridgehead atoms. The number of carbonyl (C=O) groups is 1. The number of ether oxygens (including phenoxy) is 1. The largest absolute Gasteiger partial charge is 0.443 e. The van der Waals surface area contributed by atoms with E-state index in [1.165, 1.54) is 0 Å². The summed E-state index contributed by atoms with van der Waals surface area (Å²) in [6.45, 7) is 2.13. The molecular formula is C18H25NO4. The summed E-state index contributed by atoms with van der Waals surface area (Å²) in [7, 11) is 0. The molecule has 2 atom stereocenters. The van der Waals surface area contributed by atoms with Crippen LogP contribution in [0, 0.1) is 0 Å². The van der Waals surface area contributed by atoms with Crippen molar-refractivity contribution in [1.82, 2.24) is 5.06 Å². The van der Waals surface area contributed by atoms with Gasteiger partial charge in [0, 0.05) is 0 Å². The molecule has 5 heteroatoms. The molecule has 0 saturated heterocycles. The first-order valence-corrected chi connectivity index (χ1v) is 8.20. The topological polar surface area (TPSA) is 59.0 Å². The predicted octanol–water partition coefficient (Wildman–Crippen LogP) is 3.44. The fourth-order valence-electron chi connectivity index (χ4n) is 2.43. The van der Waals surface area contributed by atoms with E-state index in [0.717, 1.165) is 36.3 Å². The van der Waals surface area contributed by atoms with E-state index >= 15 is 0 Å². The molecule has 0 fully saturated rings. The maximum absolute atomic E-state index is 12.2. The van der Waals surface area contributed by atoms with Crippen LogP contribution in [0.2, 0.25) is 0 Å². The summed E-state index contributed by atoms with van der Waals surface area (Å²) in [6.07, 6.45) is 7.18. The first kappa shape index (κ1) is 17.5. The van der Waals surface area contributed by atoms with Crippen LogP contribution in [0.25, 0.3) is 0 Å². The molecule has 1 aliphatic heterocycles. The second-order valence-electron chi connectivity index (χ2n) is 5.64. The lowest BCUT2D eigenvalue weighted by Gasteiger charge is -2.33. The minimum absolute atomic E-state index is 0.145. The molecule has 1 aliphatic rings. The average molecular weight is 319 g/mol. The summed E-state index contributed by atoms with van der Waals surface area (Å²) in [4.78, 5) is 17.9. The highest BCUT2D eigenvalue weighted by Gasteiger charge is 2.30. The van der Waals surface area contributed by atoms with Crippen LogP contribution < -0.4 is 0 Å². The molecule has 0 unspecified atom stereocenters. The molecule has 1 aromatic rings. The van der Waals surface area contributed by atoms with Gasteiger partial charge in [-0.3, -0.25) is 4.84 Å². The first-order chi connectivity index (χ1) is 11.2. The first-order valence-electron chi connectivity index (χ1n) is 8.20. The van der Waals surface area contributed by atoms with Crippen molar-refractivity contribution in [2.75, 3.05) is 6.61 Å². The molecule has 1 N–H and O–H groups in total. The van der Waals surface area contributed by atoms with Gasteiger partial charge in [0.25, 0.3) is 0 Å². The van der Waals surface area contributed by atoms with E-state index in [-0.39, 0.29) is 19.3 Å². The van der Waals surface area contributed by atoms with Crippen LogP contribution >= 0.6 is 0 Å². The predicted molar refractivity (Wildman–Crippen MR) is 87.5 cm³/mol.